The quantitative estimate of drug-likeness (QED) is 0.689. The van der Waals surface area contributed by atoms with Crippen LogP contribution < -0.4 is 0 Å². The van der Waals surface area contributed by atoms with Crippen molar-refractivity contribution in [1.29, 1.82) is 0 Å². The molecule has 0 N–H and O–H groups in total. The smallest absolute Gasteiger partial charge is 0.256 e. The molecule has 0 saturated carbocycles. The fourth-order valence-corrected chi connectivity index (χ4v) is 3.38. The lowest BCUT2D eigenvalue weighted by Gasteiger charge is -2.35. The van der Waals surface area contributed by atoms with E-state index in [1.54, 1.807) is 23.4 Å². The Labute approximate surface area is 139 Å². The van der Waals surface area contributed by atoms with Crippen molar-refractivity contribution in [3.8, 4) is 0 Å². The lowest BCUT2D eigenvalue weighted by atomic mass is 9.92. The third-order valence-electron chi connectivity index (χ3n) is 4.64. The van der Waals surface area contributed by atoms with Crippen LogP contribution in [-0.4, -0.2) is 27.3 Å². The van der Waals surface area contributed by atoms with Crippen molar-refractivity contribution in [3.63, 3.8) is 0 Å². The van der Waals surface area contributed by atoms with Crippen molar-refractivity contribution >= 4 is 16.9 Å². The van der Waals surface area contributed by atoms with Crippen molar-refractivity contribution in [2.24, 2.45) is 0 Å². The summed E-state index contributed by atoms with van der Waals surface area (Å²) in [6.07, 6.45) is 3.92. The van der Waals surface area contributed by atoms with E-state index >= 15 is 0 Å². The molecule has 3 aromatic rings. The van der Waals surface area contributed by atoms with Crippen molar-refractivity contribution in [2.75, 3.05) is 6.54 Å². The number of para-hydroxylation sites is 1. The van der Waals surface area contributed by atoms with Gasteiger partial charge in [0.15, 0.2) is 0 Å². The van der Waals surface area contributed by atoms with Gasteiger partial charge in [0.1, 0.15) is 11.3 Å². The third-order valence-corrected chi connectivity index (χ3v) is 4.64. The second-order valence-corrected chi connectivity index (χ2v) is 6.00. The Bertz CT molecular complexity index is 936. The topological polar surface area (TPSA) is 46.1 Å². The first kappa shape index (κ1) is 14.8. The summed E-state index contributed by atoms with van der Waals surface area (Å²) in [5.41, 5.74) is 3.81. The molecule has 1 aliphatic rings. The maximum atomic E-state index is 13.6. The summed E-state index contributed by atoms with van der Waals surface area (Å²) in [6.45, 7) is 2.54. The Morgan fingerprint density at radius 2 is 2.04 bits per heavy atom. The van der Waals surface area contributed by atoms with Gasteiger partial charge in [0, 0.05) is 18.9 Å². The Kier molecular flexibility index (Phi) is 3.49. The number of hydrogen-bond donors (Lipinski definition) is 0. The lowest BCUT2D eigenvalue weighted by Crippen LogP contribution is -2.39. The van der Waals surface area contributed by atoms with Gasteiger partial charge in [-0.2, -0.15) is 0 Å². The minimum Gasteiger partial charge on any atom is -0.331 e. The highest BCUT2D eigenvalue weighted by atomic mass is 19.1. The number of carbonyl (C=O) groups is 1. The van der Waals surface area contributed by atoms with Crippen LogP contribution in [0.15, 0.2) is 48.8 Å². The number of fused-ring (bicyclic) bond motifs is 2. The number of hydrogen-bond acceptors (Lipinski definition) is 3. The summed E-state index contributed by atoms with van der Waals surface area (Å²) >= 11 is 0. The highest BCUT2D eigenvalue weighted by molar-refractivity contribution is 6.04. The number of halogens is 1. The minimum atomic E-state index is -0.272. The molecule has 2 aromatic carbocycles. The molecule has 0 saturated heterocycles. The average Bonchev–Trinajstić information content (AvgIpc) is 2.61. The van der Waals surface area contributed by atoms with Crippen molar-refractivity contribution in [1.82, 2.24) is 14.9 Å². The molecule has 0 bridgehead atoms. The first-order valence-electron chi connectivity index (χ1n) is 7.94. The highest BCUT2D eigenvalue weighted by Crippen LogP contribution is 2.31. The summed E-state index contributed by atoms with van der Waals surface area (Å²) in [7, 11) is 0. The van der Waals surface area contributed by atoms with E-state index in [9.17, 15) is 9.18 Å². The lowest BCUT2D eigenvalue weighted by molar-refractivity contribution is 0.0679. The van der Waals surface area contributed by atoms with Gasteiger partial charge in [-0.15, -0.1) is 0 Å². The van der Waals surface area contributed by atoms with Crippen LogP contribution >= 0.6 is 0 Å². The van der Waals surface area contributed by atoms with E-state index in [-0.39, 0.29) is 17.8 Å². The van der Waals surface area contributed by atoms with E-state index in [0.717, 1.165) is 17.5 Å². The molecule has 5 heteroatoms. The molecule has 24 heavy (non-hydrogen) atoms. The predicted octanol–water partition coefficient (Wildman–Crippen LogP) is 3.53. The third kappa shape index (κ3) is 2.33. The molecule has 1 unspecified atom stereocenters. The largest absolute Gasteiger partial charge is 0.331 e. The summed E-state index contributed by atoms with van der Waals surface area (Å²) in [5, 5.41) is 0. The molecule has 2 heterocycles. The van der Waals surface area contributed by atoms with Crippen LogP contribution in [0.2, 0.25) is 0 Å². The van der Waals surface area contributed by atoms with E-state index in [2.05, 4.69) is 9.97 Å². The summed E-state index contributed by atoms with van der Waals surface area (Å²) in [4.78, 5) is 23.4. The number of benzene rings is 2. The fraction of sp³-hybridized carbons (Fsp3) is 0.211. The first-order chi connectivity index (χ1) is 11.6. The van der Waals surface area contributed by atoms with E-state index < -0.39 is 0 Å². The van der Waals surface area contributed by atoms with E-state index in [0.29, 0.717) is 23.1 Å². The molecule has 1 amide bonds. The molecule has 120 valence electrons. The number of nitrogens with zero attached hydrogens (tertiary/aromatic N) is 3. The van der Waals surface area contributed by atoms with Gasteiger partial charge >= 0.3 is 0 Å². The van der Waals surface area contributed by atoms with Crippen LogP contribution in [0.5, 0.6) is 0 Å². The minimum absolute atomic E-state index is 0.0940. The molecular formula is C19H16FN3O. The van der Waals surface area contributed by atoms with Gasteiger partial charge in [-0.05, 0) is 48.7 Å². The second kappa shape index (κ2) is 5.67. The Morgan fingerprint density at radius 3 is 2.92 bits per heavy atom. The summed E-state index contributed by atoms with van der Waals surface area (Å²) in [6, 6.07) is 10.1. The van der Waals surface area contributed by atoms with Crippen LogP contribution in [0, 0.1) is 5.82 Å². The predicted molar refractivity (Wildman–Crippen MR) is 89.1 cm³/mol. The maximum Gasteiger partial charge on any atom is 0.256 e. The Morgan fingerprint density at radius 1 is 1.21 bits per heavy atom. The summed E-state index contributed by atoms with van der Waals surface area (Å²) < 4.78 is 13.6. The zero-order valence-corrected chi connectivity index (χ0v) is 13.2. The Hall–Kier alpha value is -2.82. The van der Waals surface area contributed by atoms with Gasteiger partial charge in [-0.3, -0.25) is 14.8 Å². The van der Waals surface area contributed by atoms with Crippen LogP contribution in [0.1, 0.15) is 34.5 Å². The second-order valence-electron chi connectivity index (χ2n) is 6.00. The number of carbonyl (C=O) groups excluding carboxylic acids is 1. The first-order valence-corrected chi connectivity index (χ1v) is 7.94. The van der Waals surface area contributed by atoms with Crippen molar-refractivity contribution < 1.29 is 9.18 Å². The molecule has 0 fully saturated rings. The van der Waals surface area contributed by atoms with Gasteiger partial charge in [0.05, 0.1) is 17.1 Å². The molecule has 4 rings (SSSR count). The van der Waals surface area contributed by atoms with Gasteiger partial charge in [0.25, 0.3) is 5.91 Å². The van der Waals surface area contributed by atoms with Gasteiger partial charge in [0.2, 0.25) is 0 Å². The van der Waals surface area contributed by atoms with Crippen LogP contribution in [0.25, 0.3) is 11.0 Å². The van der Waals surface area contributed by atoms with Gasteiger partial charge in [-0.1, -0.05) is 12.1 Å². The van der Waals surface area contributed by atoms with Gasteiger partial charge in [-0.25, -0.2) is 4.39 Å². The fourth-order valence-electron chi connectivity index (χ4n) is 3.38. The van der Waals surface area contributed by atoms with E-state index in [4.69, 9.17) is 0 Å². The zero-order chi connectivity index (χ0) is 16.7. The normalized spacial score (nSPS) is 16.9. The van der Waals surface area contributed by atoms with Crippen LogP contribution in [0.4, 0.5) is 4.39 Å². The standard InChI is InChI=1S/C19H16FN3O/c1-12-16-11-14(20)6-5-13(16)7-10-23(12)19(24)15-3-2-4-17-18(15)22-9-8-21-17/h2-6,8-9,11-12H,7,10H2,1H3. The molecule has 0 radical (unpaired) electrons. The van der Waals surface area contributed by atoms with Gasteiger partial charge < -0.3 is 4.90 Å². The number of rotatable bonds is 1. The zero-order valence-electron chi connectivity index (χ0n) is 13.2. The SMILES string of the molecule is CC1c2cc(F)ccc2CCN1C(=O)c1cccc2nccnc12. The number of amides is 1. The molecule has 0 aliphatic carbocycles. The molecule has 1 aliphatic heterocycles. The summed E-state index contributed by atoms with van der Waals surface area (Å²) in [5.74, 6) is -0.366. The molecule has 1 aromatic heterocycles. The number of aromatic nitrogens is 2. The van der Waals surface area contributed by atoms with E-state index in [1.807, 2.05) is 25.1 Å². The molecule has 4 nitrogen and oxygen atoms in total. The van der Waals surface area contributed by atoms with Crippen LogP contribution in [0.3, 0.4) is 0 Å². The van der Waals surface area contributed by atoms with Crippen LogP contribution in [-0.2, 0) is 6.42 Å². The maximum absolute atomic E-state index is 13.6. The molecule has 1 atom stereocenters. The highest BCUT2D eigenvalue weighted by Gasteiger charge is 2.29. The van der Waals surface area contributed by atoms with E-state index in [1.165, 1.54) is 12.1 Å². The van der Waals surface area contributed by atoms with Crippen molar-refractivity contribution in [3.05, 3.63) is 71.3 Å². The monoisotopic (exact) mass is 321 g/mol. The molecular weight excluding hydrogens is 305 g/mol. The Balaban J connectivity index is 1.75. The molecule has 0 spiro atoms. The average molecular weight is 321 g/mol. The van der Waals surface area contributed by atoms with Crippen molar-refractivity contribution in [2.45, 2.75) is 19.4 Å².